The number of carbonyl (C=O) groups excluding carboxylic acids is 2. The molecule has 2 fully saturated rings. The number of piperazine rings is 1. The molecule has 2 aliphatic rings. The van der Waals surface area contributed by atoms with Crippen LogP contribution in [0.2, 0.25) is 0 Å². The van der Waals surface area contributed by atoms with E-state index in [-0.39, 0.29) is 17.4 Å². The second-order valence-corrected chi connectivity index (χ2v) is 6.60. The third-order valence-corrected chi connectivity index (χ3v) is 4.37. The van der Waals surface area contributed by atoms with Crippen LogP contribution in [-0.2, 0) is 9.59 Å². The monoisotopic (exact) mass is 272 g/mol. The molecular formula is C16H20N2O2. The van der Waals surface area contributed by atoms with E-state index < -0.39 is 11.6 Å². The van der Waals surface area contributed by atoms with E-state index in [0.29, 0.717) is 0 Å². The predicted octanol–water partition coefficient (Wildman–Crippen LogP) is 2.02. The third kappa shape index (κ3) is 1.90. The SMILES string of the molecule is CC1(C)NC(=O)C(c2ccccc2)N(C2(C)CC2)C1=O. The van der Waals surface area contributed by atoms with Gasteiger partial charge < -0.3 is 10.2 Å². The molecule has 1 aliphatic carbocycles. The second kappa shape index (κ2) is 4.08. The molecule has 4 nitrogen and oxygen atoms in total. The quantitative estimate of drug-likeness (QED) is 0.895. The lowest BCUT2D eigenvalue weighted by Crippen LogP contribution is -2.67. The molecule has 1 N–H and O–H groups in total. The highest BCUT2D eigenvalue weighted by atomic mass is 16.2. The first-order valence-electron chi connectivity index (χ1n) is 7.06. The first kappa shape index (κ1) is 13.2. The maximum absolute atomic E-state index is 12.8. The van der Waals surface area contributed by atoms with Gasteiger partial charge >= 0.3 is 0 Å². The van der Waals surface area contributed by atoms with Crippen LogP contribution in [0.4, 0.5) is 0 Å². The standard InChI is InChI=1S/C16H20N2O2/c1-15(2)14(20)18(16(3)9-10-16)12(13(19)17-15)11-7-5-4-6-8-11/h4-8,12H,9-10H2,1-3H3,(H,17,19). The van der Waals surface area contributed by atoms with Crippen LogP contribution >= 0.6 is 0 Å². The Morgan fingerprint density at radius 2 is 1.70 bits per heavy atom. The van der Waals surface area contributed by atoms with Gasteiger partial charge in [0.1, 0.15) is 11.6 Å². The lowest BCUT2D eigenvalue weighted by molar-refractivity contribution is -0.157. The molecule has 0 aromatic heterocycles. The number of amides is 2. The van der Waals surface area contributed by atoms with Crippen LogP contribution in [0.1, 0.15) is 45.2 Å². The Bertz CT molecular complexity index is 561. The fourth-order valence-electron chi connectivity index (χ4n) is 2.88. The molecule has 0 spiro atoms. The van der Waals surface area contributed by atoms with Gasteiger partial charge in [-0.2, -0.15) is 0 Å². The van der Waals surface area contributed by atoms with Gasteiger partial charge in [-0.15, -0.1) is 0 Å². The van der Waals surface area contributed by atoms with E-state index in [1.54, 1.807) is 18.7 Å². The molecule has 20 heavy (non-hydrogen) atoms. The summed E-state index contributed by atoms with van der Waals surface area (Å²) < 4.78 is 0. The maximum Gasteiger partial charge on any atom is 0.249 e. The molecule has 1 atom stereocenters. The summed E-state index contributed by atoms with van der Waals surface area (Å²) in [5.74, 6) is -0.0834. The first-order chi connectivity index (χ1) is 9.35. The van der Waals surface area contributed by atoms with E-state index in [9.17, 15) is 9.59 Å². The van der Waals surface area contributed by atoms with E-state index in [0.717, 1.165) is 18.4 Å². The topological polar surface area (TPSA) is 49.4 Å². The average molecular weight is 272 g/mol. The van der Waals surface area contributed by atoms with E-state index in [4.69, 9.17) is 0 Å². The van der Waals surface area contributed by atoms with E-state index in [1.165, 1.54) is 0 Å². The summed E-state index contributed by atoms with van der Waals surface area (Å²) in [6.45, 7) is 5.61. The smallest absolute Gasteiger partial charge is 0.249 e. The molecule has 106 valence electrons. The van der Waals surface area contributed by atoms with Gasteiger partial charge in [0.15, 0.2) is 0 Å². The minimum Gasteiger partial charge on any atom is -0.340 e. The van der Waals surface area contributed by atoms with Crippen molar-refractivity contribution < 1.29 is 9.59 Å². The number of nitrogens with zero attached hydrogens (tertiary/aromatic N) is 1. The lowest BCUT2D eigenvalue weighted by Gasteiger charge is -2.46. The van der Waals surface area contributed by atoms with E-state index >= 15 is 0 Å². The van der Waals surface area contributed by atoms with Crippen molar-refractivity contribution in [2.45, 2.75) is 50.7 Å². The minimum absolute atomic E-state index is 0.00551. The zero-order valence-corrected chi connectivity index (χ0v) is 12.1. The molecule has 0 radical (unpaired) electrons. The van der Waals surface area contributed by atoms with Crippen LogP contribution < -0.4 is 5.32 Å². The fraction of sp³-hybridized carbons (Fsp3) is 0.500. The summed E-state index contributed by atoms with van der Waals surface area (Å²) in [4.78, 5) is 27.1. The van der Waals surface area contributed by atoms with E-state index in [1.807, 2.05) is 30.3 Å². The van der Waals surface area contributed by atoms with Gasteiger partial charge in [-0.05, 0) is 39.2 Å². The van der Waals surface area contributed by atoms with Crippen molar-refractivity contribution in [3.63, 3.8) is 0 Å². The van der Waals surface area contributed by atoms with E-state index in [2.05, 4.69) is 12.2 Å². The number of benzene rings is 1. The van der Waals surface area contributed by atoms with Gasteiger partial charge in [0.25, 0.3) is 0 Å². The number of hydrogen-bond donors (Lipinski definition) is 1. The second-order valence-electron chi connectivity index (χ2n) is 6.60. The van der Waals surface area contributed by atoms with Gasteiger partial charge in [-0.1, -0.05) is 30.3 Å². The Labute approximate surface area is 119 Å². The molecule has 1 heterocycles. The Kier molecular flexibility index (Phi) is 2.68. The van der Waals surface area contributed by atoms with Crippen LogP contribution in [-0.4, -0.2) is 27.8 Å². The van der Waals surface area contributed by atoms with Crippen LogP contribution in [0, 0.1) is 0 Å². The summed E-state index contributed by atoms with van der Waals surface area (Å²) in [6.07, 6.45) is 1.93. The number of hydrogen-bond acceptors (Lipinski definition) is 2. The van der Waals surface area contributed by atoms with Crippen molar-refractivity contribution in [2.24, 2.45) is 0 Å². The predicted molar refractivity (Wildman–Crippen MR) is 75.9 cm³/mol. The van der Waals surface area contributed by atoms with Crippen molar-refractivity contribution in [1.29, 1.82) is 0 Å². The van der Waals surface area contributed by atoms with Gasteiger partial charge in [0, 0.05) is 5.54 Å². The first-order valence-corrected chi connectivity index (χ1v) is 7.06. The Morgan fingerprint density at radius 1 is 1.10 bits per heavy atom. The molecule has 0 bridgehead atoms. The highest BCUT2D eigenvalue weighted by Crippen LogP contribution is 2.47. The van der Waals surface area contributed by atoms with Crippen LogP contribution in [0.3, 0.4) is 0 Å². The summed E-state index contributed by atoms with van der Waals surface area (Å²) in [6, 6.07) is 9.03. The lowest BCUT2D eigenvalue weighted by atomic mass is 9.91. The minimum atomic E-state index is -0.825. The molecule has 1 aromatic rings. The Morgan fingerprint density at radius 3 is 2.25 bits per heavy atom. The summed E-state index contributed by atoms with van der Waals surface area (Å²) >= 11 is 0. The molecule has 3 rings (SSSR count). The average Bonchev–Trinajstić information content (AvgIpc) is 3.13. The Hall–Kier alpha value is -1.84. The molecule has 2 amide bonds. The summed E-state index contributed by atoms with van der Waals surface area (Å²) in [7, 11) is 0. The zero-order chi connectivity index (χ0) is 14.5. The fourth-order valence-corrected chi connectivity index (χ4v) is 2.88. The van der Waals surface area contributed by atoms with Crippen molar-refractivity contribution in [3.05, 3.63) is 35.9 Å². The highest BCUT2D eigenvalue weighted by molar-refractivity contribution is 6.00. The normalized spacial score (nSPS) is 27.1. The molecule has 1 saturated heterocycles. The van der Waals surface area contributed by atoms with Crippen LogP contribution in [0.15, 0.2) is 30.3 Å². The molecule has 4 heteroatoms. The van der Waals surface area contributed by atoms with Crippen molar-refractivity contribution in [1.82, 2.24) is 10.2 Å². The van der Waals surface area contributed by atoms with Crippen molar-refractivity contribution in [2.75, 3.05) is 0 Å². The molecule has 1 saturated carbocycles. The van der Waals surface area contributed by atoms with Crippen molar-refractivity contribution in [3.8, 4) is 0 Å². The molecule has 1 aromatic carbocycles. The maximum atomic E-state index is 12.8. The molecule has 1 unspecified atom stereocenters. The number of rotatable bonds is 2. The summed E-state index contributed by atoms with van der Waals surface area (Å²) in [5, 5.41) is 2.85. The summed E-state index contributed by atoms with van der Waals surface area (Å²) in [5.41, 5.74) is -0.123. The molecule has 1 aliphatic heterocycles. The van der Waals surface area contributed by atoms with Gasteiger partial charge in [0.05, 0.1) is 0 Å². The number of nitrogens with one attached hydrogen (secondary N) is 1. The van der Waals surface area contributed by atoms with Crippen LogP contribution in [0.25, 0.3) is 0 Å². The van der Waals surface area contributed by atoms with Crippen LogP contribution in [0.5, 0.6) is 0 Å². The van der Waals surface area contributed by atoms with Gasteiger partial charge in [-0.25, -0.2) is 0 Å². The Balaban J connectivity index is 2.07. The van der Waals surface area contributed by atoms with Gasteiger partial charge in [-0.3, -0.25) is 9.59 Å². The third-order valence-electron chi connectivity index (χ3n) is 4.37. The highest BCUT2D eigenvalue weighted by Gasteiger charge is 2.56. The largest absolute Gasteiger partial charge is 0.340 e. The number of carbonyl (C=O) groups is 2. The van der Waals surface area contributed by atoms with Crippen molar-refractivity contribution >= 4 is 11.8 Å². The zero-order valence-electron chi connectivity index (χ0n) is 12.1. The molecular weight excluding hydrogens is 252 g/mol. The van der Waals surface area contributed by atoms with Gasteiger partial charge in [0.2, 0.25) is 11.8 Å².